The van der Waals surface area contributed by atoms with Gasteiger partial charge in [-0.05, 0) is 6.92 Å². The normalized spacial score (nSPS) is 11.9. The van der Waals surface area contributed by atoms with E-state index in [9.17, 15) is 4.79 Å². The number of rotatable bonds is 3. The second-order valence-corrected chi connectivity index (χ2v) is 3.22. The summed E-state index contributed by atoms with van der Waals surface area (Å²) in [5.74, 6) is -0.0238. The summed E-state index contributed by atoms with van der Waals surface area (Å²) in [7, 11) is 1.30. The Morgan fingerprint density at radius 2 is 2.40 bits per heavy atom. The second-order valence-electron chi connectivity index (χ2n) is 2.81. The number of nitrogen functional groups attached to an aromatic ring is 1. The average Bonchev–Trinajstić information content (AvgIpc) is 2.22. The highest BCUT2D eigenvalue weighted by Crippen LogP contribution is 2.19. The highest BCUT2D eigenvalue weighted by Gasteiger charge is 2.15. The Bertz CT molecular complexity index is 372. The van der Waals surface area contributed by atoms with Crippen LogP contribution in [0, 0.1) is 0 Å². The molecule has 0 spiro atoms. The number of nitrogens with zero attached hydrogens (tertiary/aromatic N) is 2. The van der Waals surface area contributed by atoms with E-state index >= 15 is 0 Å². The van der Waals surface area contributed by atoms with E-state index < -0.39 is 12.0 Å². The van der Waals surface area contributed by atoms with Crippen LogP contribution in [-0.4, -0.2) is 29.1 Å². The molecule has 0 amide bonds. The van der Waals surface area contributed by atoms with Gasteiger partial charge in [-0.1, -0.05) is 11.6 Å². The van der Waals surface area contributed by atoms with Gasteiger partial charge in [0.25, 0.3) is 0 Å². The summed E-state index contributed by atoms with van der Waals surface area (Å²) in [6.07, 6.45) is 1.36. The van der Waals surface area contributed by atoms with Gasteiger partial charge in [-0.3, -0.25) is 0 Å². The Morgan fingerprint density at radius 1 is 1.73 bits per heavy atom. The molecule has 1 heterocycles. The van der Waals surface area contributed by atoms with Crippen LogP contribution < -0.4 is 11.1 Å². The number of hydrogen-bond acceptors (Lipinski definition) is 6. The standard InChI is InChI=1S/C8H11ClN4O2/c1-4(7(14)15-2)12-6-5(9)3-11-8(10)13-6/h3-4H,1-2H3,(H3,10,11,12,13). The van der Waals surface area contributed by atoms with E-state index in [-0.39, 0.29) is 5.95 Å². The number of esters is 1. The first-order valence-electron chi connectivity index (χ1n) is 4.17. The van der Waals surface area contributed by atoms with E-state index in [1.54, 1.807) is 6.92 Å². The van der Waals surface area contributed by atoms with Crippen molar-refractivity contribution in [3.05, 3.63) is 11.2 Å². The Labute approximate surface area is 91.8 Å². The zero-order valence-electron chi connectivity index (χ0n) is 8.32. The van der Waals surface area contributed by atoms with Crippen LogP contribution >= 0.6 is 11.6 Å². The van der Waals surface area contributed by atoms with E-state index in [1.165, 1.54) is 13.3 Å². The minimum Gasteiger partial charge on any atom is -0.467 e. The molecule has 0 fully saturated rings. The third-order valence-electron chi connectivity index (χ3n) is 1.67. The van der Waals surface area contributed by atoms with Crippen molar-refractivity contribution in [2.75, 3.05) is 18.2 Å². The molecule has 0 saturated heterocycles. The van der Waals surface area contributed by atoms with E-state index in [0.717, 1.165) is 0 Å². The minimum atomic E-state index is -0.554. The van der Waals surface area contributed by atoms with Gasteiger partial charge >= 0.3 is 5.97 Å². The smallest absolute Gasteiger partial charge is 0.328 e. The van der Waals surface area contributed by atoms with Gasteiger partial charge in [0, 0.05) is 0 Å². The maximum atomic E-state index is 11.1. The number of methoxy groups -OCH3 is 1. The predicted octanol–water partition coefficient (Wildman–Crippen LogP) is 0.686. The van der Waals surface area contributed by atoms with Crippen LogP contribution in [0.3, 0.4) is 0 Å². The molecule has 0 aromatic carbocycles. The first-order chi connectivity index (χ1) is 7.04. The quantitative estimate of drug-likeness (QED) is 0.743. The first-order valence-corrected chi connectivity index (χ1v) is 4.54. The Balaban J connectivity index is 2.80. The zero-order valence-corrected chi connectivity index (χ0v) is 9.08. The highest BCUT2D eigenvalue weighted by molar-refractivity contribution is 6.32. The molecule has 0 radical (unpaired) electrons. The number of aromatic nitrogens is 2. The van der Waals surface area contributed by atoms with Gasteiger partial charge < -0.3 is 15.8 Å². The lowest BCUT2D eigenvalue weighted by Gasteiger charge is -2.12. The number of nitrogens with two attached hydrogens (primary N) is 1. The predicted molar refractivity (Wildman–Crippen MR) is 56.6 cm³/mol. The molecule has 0 aliphatic carbocycles. The van der Waals surface area contributed by atoms with E-state index in [4.69, 9.17) is 17.3 Å². The van der Waals surface area contributed by atoms with Crippen LogP contribution in [0.25, 0.3) is 0 Å². The molecule has 0 aliphatic rings. The van der Waals surface area contributed by atoms with Crippen molar-refractivity contribution in [3.63, 3.8) is 0 Å². The molecule has 0 aliphatic heterocycles. The molecule has 82 valence electrons. The van der Waals surface area contributed by atoms with Crippen molar-refractivity contribution in [3.8, 4) is 0 Å². The molecule has 15 heavy (non-hydrogen) atoms. The molecule has 0 saturated carbocycles. The van der Waals surface area contributed by atoms with E-state index in [1.807, 2.05) is 0 Å². The Morgan fingerprint density at radius 3 is 3.00 bits per heavy atom. The molecular weight excluding hydrogens is 220 g/mol. The minimum absolute atomic E-state index is 0.0824. The summed E-state index contributed by atoms with van der Waals surface area (Å²) in [4.78, 5) is 18.6. The topological polar surface area (TPSA) is 90.1 Å². The van der Waals surface area contributed by atoms with Crippen molar-refractivity contribution in [1.82, 2.24) is 9.97 Å². The summed E-state index contributed by atoms with van der Waals surface area (Å²) >= 11 is 5.79. The molecule has 1 rings (SSSR count). The van der Waals surface area contributed by atoms with Gasteiger partial charge in [0.2, 0.25) is 5.95 Å². The van der Waals surface area contributed by atoms with Crippen molar-refractivity contribution >= 4 is 29.3 Å². The SMILES string of the molecule is COC(=O)C(C)Nc1nc(N)ncc1Cl. The second kappa shape index (κ2) is 4.79. The first kappa shape index (κ1) is 11.5. The summed E-state index contributed by atoms with van der Waals surface area (Å²) in [5, 5.41) is 3.06. The number of nitrogens with one attached hydrogen (secondary N) is 1. The maximum Gasteiger partial charge on any atom is 0.328 e. The Hall–Kier alpha value is -1.56. The fourth-order valence-corrected chi connectivity index (χ4v) is 1.07. The van der Waals surface area contributed by atoms with Crippen LogP contribution in [0.4, 0.5) is 11.8 Å². The van der Waals surface area contributed by atoms with Crippen LogP contribution in [-0.2, 0) is 9.53 Å². The lowest BCUT2D eigenvalue weighted by atomic mass is 10.3. The summed E-state index contributed by atoms with van der Waals surface area (Å²) < 4.78 is 4.54. The fraction of sp³-hybridized carbons (Fsp3) is 0.375. The molecule has 7 heteroatoms. The molecule has 1 atom stereocenters. The fourth-order valence-electron chi connectivity index (χ4n) is 0.923. The van der Waals surface area contributed by atoms with Crippen LogP contribution in [0.2, 0.25) is 5.02 Å². The van der Waals surface area contributed by atoms with Gasteiger partial charge in [-0.25, -0.2) is 9.78 Å². The molecule has 1 unspecified atom stereocenters. The molecule has 3 N–H and O–H groups in total. The zero-order chi connectivity index (χ0) is 11.4. The van der Waals surface area contributed by atoms with Gasteiger partial charge in [-0.2, -0.15) is 4.98 Å². The number of halogens is 1. The maximum absolute atomic E-state index is 11.1. The van der Waals surface area contributed by atoms with Crippen LogP contribution in [0.1, 0.15) is 6.92 Å². The molecule has 6 nitrogen and oxygen atoms in total. The number of hydrogen-bond donors (Lipinski definition) is 2. The lowest BCUT2D eigenvalue weighted by molar-refractivity contribution is -0.141. The average molecular weight is 231 g/mol. The van der Waals surface area contributed by atoms with E-state index in [0.29, 0.717) is 10.8 Å². The third kappa shape index (κ3) is 2.95. The lowest BCUT2D eigenvalue weighted by Crippen LogP contribution is -2.27. The van der Waals surface area contributed by atoms with Crippen molar-refractivity contribution in [2.45, 2.75) is 13.0 Å². The Kier molecular flexibility index (Phi) is 3.68. The monoisotopic (exact) mass is 230 g/mol. The van der Waals surface area contributed by atoms with Gasteiger partial charge in [-0.15, -0.1) is 0 Å². The van der Waals surface area contributed by atoms with Crippen molar-refractivity contribution < 1.29 is 9.53 Å². The van der Waals surface area contributed by atoms with Gasteiger partial charge in [0.05, 0.1) is 13.3 Å². The van der Waals surface area contributed by atoms with Crippen LogP contribution in [0.5, 0.6) is 0 Å². The van der Waals surface area contributed by atoms with Gasteiger partial charge in [0.1, 0.15) is 11.1 Å². The largest absolute Gasteiger partial charge is 0.467 e. The van der Waals surface area contributed by atoms with Crippen LogP contribution in [0.15, 0.2) is 6.20 Å². The molecule has 1 aromatic heterocycles. The highest BCUT2D eigenvalue weighted by atomic mass is 35.5. The number of ether oxygens (including phenoxy) is 1. The summed E-state index contributed by atoms with van der Waals surface area (Å²) in [6, 6.07) is -0.554. The summed E-state index contributed by atoms with van der Waals surface area (Å²) in [6.45, 7) is 1.63. The number of carbonyl (C=O) groups is 1. The van der Waals surface area contributed by atoms with Gasteiger partial charge in [0.15, 0.2) is 5.82 Å². The molecular formula is C8H11ClN4O2. The van der Waals surface area contributed by atoms with Crippen molar-refractivity contribution in [1.29, 1.82) is 0 Å². The third-order valence-corrected chi connectivity index (χ3v) is 1.95. The van der Waals surface area contributed by atoms with Crippen molar-refractivity contribution in [2.24, 2.45) is 0 Å². The number of anilines is 2. The van der Waals surface area contributed by atoms with E-state index in [2.05, 4.69) is 20.0 Å². The molecule has 1 aromatic rings. The summed E-state index contributed by atoms with van der Waals surface area (Å²) in [5.41, 5.74) is 5.37. The molecule has 0 bridgehead atoms. The number of carbonyl (C=O) groups excluding carboxylic acids is 1.